The molecule has 10 heteroatoms. The molecule has 1 saturated heterocycles. The molecule has 1 aliphatic heterocycles. The molecule has 1 aromatic heterocycles. The summed E-state index contributed by atoms with van der Waals surface area (Å²) in [5, 5.41) is 2.89. The molecule has 0 aliphatic carbocycles. The standard InChI is InChI=1S/C25H23ClF3N3O3/c1-31(15-16-9-11-18(26)12-10-16)23(33)20-8-5-13-32(20)24(34)30-19-14-21(17-6-3-2-4-7-17)35-22(19)25(27,28)29/h2-4,6-7,9-12,14,20H,5,8,13,15H2,1H3,(H,30,34). The quantitative estimate of drug-likeness (QED) is 0.444. The highest BCUT2D eigenvalue weighted by molar-refractivity contribution is 6.30. The van der Waals surface area contributed by atoms with Crippen molar-refractivity contribution in [1.29, 1.82) is 0 Å². The predicted octanol–water partition coefficient (Wildman–Crippen LogP) is 6.27. The summed E-state index contributed by atoms with van der Waals surface area (Å²) in [5.41, 5.74) is 0.812. The smallest absolute Gasteiger partial charge is 0.449 e. The molecular weight excluding hydrogens is 483 g/mol. The van der Waals surface area contributed by atoms with Crippen LogP contribution in [-0.4, -0.2) is 41.4 Å². The Morgan fingerprint density at radius 3 is 2.49 bits per heavy atom. The van der Waals surface area contributed by atoms with E-state index in [4.69, 9.17) is 16.0 Å². The zero-order valence-electron chi connectivity index (χ0n) is 18.8. The number of nitrogens with zero attached hydrogens (tertiary/aromatic N) is 2. The molecule has 2 aromatic carbocycles. The first-order chi connectivity index (χ1) is 16.6. The molecule has 0 spiro atoms. The molecule has 1 fully saturated rings. The Kier molecular flexibility index (Phi) is 7.07. The van der Waals surface area contributed by atoms with Crippen LogP contribution in [-0.2, 0) is 17.5 Å². The van der Waals surface area contributed by atoms with Gasteiger partial charge in [0.05, 0.1) is 5.69 Å². The minimum Gasteiger partial charge on any atom is -0.449 e. The zero-order valence-corrected chi connectivity index (χ0v) is 19.6. The van der Waals surface area contributed by atoms with Crippen LogP contribution in [0.3, 0.4) is 0 Å². The van der Waals surface area contributed by atoms with Crippen molar-refractivity contribution >= 4 is 29.2 Å². The topological polar surface area (TPSA) is 65.8 Å². The van der Waals surface area contributed by atoms with Crippen LogP contribution < -0.4 is 5.32 Å². The Bertz CT molecular complexity index is 1200. The summed E-state index contributed by atoms with van der Waals surface area (Å²) >= 11 is 5.90. The summed E-state index contributed by atoms with van der Waals surface area (Å²) in [6.07, 6.45) is -3.83. The van der Waals surface area contributed by atoms with E-state index < -0.39 is 29.7 Å². The van der Waals surface area contributed by atoms with Crippen molar-refractivity contribution in [3.63, 3.8) is 0 Å². The molecule has 1 aliphatic rings. The van der Waals surface area contributed by atoms with Gasteiger partial charge in [0.1, 0.15) is 11.8 Å². The Balaban J connectivity index is 1.50. The highest BCUT2D eigenvalue weighted by Crippen LogP contribution is 2.40. The molecule has 6 nitrogen and oxygen atoms in total. The lowest BCUT2D eigenvalue weighted by atomic mass is 10.1. The SMILES string of the molecule is CN(Cc1ccc(Cl)cc1)C(=O)C1CCCN1C(=O)Nc1cc(-c2ccccc2)oc1C(F)(F)F. The zero-order chi connectivity index (χ0) is 25.2. The van der Waals surface area contributed by atoms with Crippen molar-refractivity contribution in [3.05, 3.63) is 77.0 Å². The Hall–Kier alpha value is -3.46. The third-order valence-electron chi connectivity index (χ3n) is 5.80. The molecular formula is C25H23ClF3N3O3. The highest BCUT2D eigenvalue weighted by atomic mass is 35.5. The molecule has 1 unspecified atom stereocenters. The number of nitrogens with one attached hydrogen (secondary N) is 1. The van der Waals surface area contributed by atoms with Crippen LogP contribution in [0.1, 0.15) is 24.2 Å². The van der Waals surface area contributed by atoms with Crippen LogP contribution in [0.25, 0.3) is 11.3 Å². The molecule has 1 N–H and O–H groups in total. The van der Waals surface area contributed by atoms with Crippen molar-refractivity contribution in [2.45, 2.75) is 31.6 Å². The monoisotopic (exact) mass is 505 g/mol. The van der Waals surface area contributed by atoms with E-state index in [1.165, 1.54) is 9.80 Å². The molecule has 184 valence electrons. The van der Waals surface area contributed by atoms with Crippen LogP contribution in [0.2, 0.25) is 5.02 Å². The number of amides is 3. The molecule has 3 amide bonds. The number of alkyl halides is 3. The number of anilines is 1. The second kappa shape index (κ2) is 10.0. The van der Waals surface area contributed by atoms with E-state index >= 15 is 0 Å². The van der Waals surface area contributed by atoms with E-state index in [1.807, 2.05) is 0 Å². The maximum Gasteiger partial charge on any atom is 0.451 e. The Morgan fingerprint density at radius 2 is 1.83 bits per heavy atom. The number of urea groups is 1. The highest BCUT2D eigenvalue weighted by Gasteiger charge is 2.41. The third kappa shape index (κ3) is 5.62. The lowest BCUT2D eigenvalue weighted by Crippen LogP contribution is -2.47. The number of hydrogen-bond acceptors (Lipinski definition) is 3. The summed E-state index contributed by atoms with van der Waals surface area (Å²) < 4.78 is 45.9. The molecule has 4 rings (SSSR count). The summed E-state index contributed by atoms with van der Waals surface area (Å²) in [5.74, 6) is -1.61. The van der Waals surface area contributed by atoms with Gasteiger partial charge in [-0.15, -0.1) is 0 Å². The maximum absolute atomic E-state index is 13.6. The molecule has 0 bridgehead atoms. The number of furan rings is 1. The average Bonchev–Trinajstić information content (AvgIpc) is 3.48. The summed E-state index contributed by atoms with van der Waals surface area (Å²) in [4.78, 5) is 28.8. The Labute approximate surface area is 205 Å². The van der Waals surface area contributed by atoms with Crippen molar-refractivity contribution in [2.24, 2.45) is 0 Å². The molecule has 2 heterocycles. The lowest BCUT2D eigenvalue weighted by Gasteiger charge is -2.28. The second-order valence-electron chi connectivity index (χ2n) is 8.32. The number of carbonyl (C=O) groups excluding carboxylic acids is 2. The third-order valence-corrected chi connectivity index (χ3v) is 6.05. The Morgan fingerprint density at radius 1 is 1.14 bits per heavy atom. The largest absolute Gasteiger partial charge is 0.451 e. The number of likely N-dealkylation sites (N-methyl/N-ethyl adjacent to an activating group) is 1. The molecule has 0 radical (unpaired) electrons. The van der Waals surface area contributed by atoms with Gasteiger partial charge >= 0.3 is 12.2 Å². The van der Waals surface area contributed by atoms with Gasteiger partial charge in [0.15, 0.2) is 0 Å². The van der Waals surface area contributed by atoms with Crippen molar-refractivity contribution in [3.8, 4) is 11.3 Å². The van der Waals surface area contributed by atoms with E-state index in [0.717, 1.165) is 11.6 Å². The summed E-state index contributed by atoms with van der Waals surface area (Å²) in [6, 6.07) is 14.9. The minimum atomic E-state index is -4.81. The van der Waals surface area contributed by atoms with Gasteiger partial charge < -0.3 is 19.5 Å². The van der Waals surface area contributed by atoms with Crippen LogP contribution in [0, 0.1) is 0 Å². The van der Waals surface area contributed by atoms with Crippen LogP contribution in [0.4, 0.5) is 23.7 Å². The minimum absolute atomic E-state index is 0.0232. The fourth-order valence-corrected chi connectivity index (χ4v) is 4.21. The number of rotatable bonds is 5. The predicted molar refractivity (Wildman–Crippen MR) is 126 cm³/mol. The van der Waals surface area contributed by atoms with Gasteiger partial charge in [-0.25, -0.2) is 4.79 Å². The van der Waals surface area contributed by atoms with Gasteiger partial charge in [0.2, 0.25) is 11.7 Å². The van der Waals surface area contributed by atoms with E-state index in [-0.39, 0.29) is 18.2 Å². The van der Waals surface area contributed by atoms with Crippen molar-refractivity contribution in [2.75, 3.05) is 18.9 Å². The fourth-order valence-electron chi connectivity index (χ4n) is 4.09. The number of carbonyl (C=O) groups is 2. The van der Waals surface area contributed by atoms with Gasteiger partial charge in [0, 0.05) is 36.8 Å². The number of halogens is 4. The first-order valence-electron chi connectivity index (χ1n) is 11.0. The van der Waals surface area contributed by atoms with Crippen LogP contribution in [0.5, 0.6) is 0 Å². The second-order valence-corrected chi connectivity index (χ2v) is 8.76. The van der Waals surface area contributed by atoms with Crippen LogP contribution >= 0.6 is 11.6 Å². The van der Waals surface area contributed by atoms with E-state index in [2.05, 4.69) is 5.32 Å². The fraction of sp³-hybridized carbons (Fsp3) is 0.280. The van der Waals surface area contributed by atoms with Gasteiger partial charge in [-0.05, 0) is 30.5 Å². The summed E-state index contributed by atoms with van der Waals surface area (Å²) in [7, 11) is 1.62. The number of hydrogen-bond donors (Lipinski definition) is 1. The number of likely N-dealkylation sites (tertiary alicyclic amines) is 1. The molecule has 0 saturated carbocycles. The van der Waals surface area contributed by atoms with Crippen molar-refractivity contribution in [1.82, 2.24) is 9.80 Å². The van der Waals surface area contributed by atoms with Gasteiger partial charge in [-0.3, -0.25) is 4.79 Å². The van der Waals surface area contributed by atoms with E-state index in [0.29, 0.717) is 30.0 Å². The molecule has 3 aromatic rings. The maximum atomic E-state index is 13.6. The van der Waals surface area contributed by atoms with Gasteiger partial charge in [-0.1, -0.05) is 54.1 Å². The lowest BCUT2D eigenvalue weighted by molar-refractivity contribution is -0.151. The first kappa shape index (κ1) is 24.7. The van der Waals surface area contributed by atoms with Gasteiger partial charge in [0.25, 0.3) is 0 Å². The normalized spacial score (nSPS) is 15.8. The molecule has 35 heavy (non-hydrogen) atoms. The first-order valence-corrected chi connectivity index (χ1v) is 11.3. The van der Waals surface area contributed by atoms with Crippen LogP contribution in [0.15, 0.2) is 65.1 Å². The number of benzene rings is 2. The van der Waals surface area contributed by atoms with E-state index in [9.17, 15) is 22.8 Å². The summed E-state index contributed by atoms with van der Waals surface area (Å²) in [6.45, 7) is 0.560. The van der Waals surface area contributed by atoms with E-state index in [1.54, 1.807) is 61.6 Å². The van der Waals surface area contributed by atoms with Crippen molar-refractivity contribution < 1.29 is 27.2 Å². The van der Waals surface area contributed by atoms with Gasteiger partial charge in [-0.2, -0.15) is 13.2 Å². The average molecular weight is 506 g/mol. The molecule has 1 atom stereocenters.